The Bertz CT molecular complexity index is 693. The Hall–Kier alpha value is -1.31. The molecular formula is C18H22BrCl2NO5. The molecule has 0 aliphatic carbocycles. The predicted octanol–water partition coefficient (Wildman–Crippen LogP) is 3.47. The van der Waals surface area contributed by atoms with E-state index in [1.807, 2.05) is 0 Å². The highest BCUT2D eigenvalue weighted by Gasteiger charge is 2.50. The quantitative estimate of drug-likeness (QED) is 0.331. The number of nitrogens with one attached hydrogen (secondary N) is 1. The smallest absolute Gasteiger partial charge is 0.344 e. The maximum Gasteiger partial charge on any atom is 0.344 e. The number of benzene rings is 1. The van der Waals surface area contributed by atoms with Crippen LogP contribution in [0.25, 0.3) is 0 Å². The molecule has 0 radical (unpaired) electrons. The monoisotopic (exact) mass is 481 g/mol. The molecular weight excluding hydrogens is 461 g/mol. The topological polar surface area (TPSA) is 81.7 Å². The Morgan fingerprint density at radius 3 is 2.11 bits per heavy atom. The van der Waals surface area contributed by atoms with Gasteiger partial charge in [0.15, 0.2) is 0 Å². The largest absolute Gasteiger partial charge is 0.464 e. The molecule has 0 saturated heterocycles. The maximum absolute atomic E-state index is 12.8. The molecule has 0 aromatic heterocycles. The van der Waals surface area contributed by atoms with Crippen molar-refractivity contribution < 1.29 is 23.9 Å². The average Bonchev–Trinajstić information content (AvgIpc) is 2.60. The number of hydrogen-bond acceptors (Lipinski definition) is 5. The summed E-state index contributed by atoms with van der Waals surface area (Å²) >= 11 is 15.9. The van der Waals surface area contributed by atoms with E-state index in [1.54, 1.807) is 26.0 Å². The number of rotatable bonds is 9. The molecule has 1 N–H and O–H groups in total. The molecule has 1 amide bonds. The Kier molecular flexibility index (Phi) is 9.56. The van der Waals surface area contributed by atoms with E-state index in [1.165, 1.54) is 6.92 Å². The molecule has 27 heavy (non-hydrogen) atoms. The van der Waals surface area contributed by atoms with Gasteiger partial charge in [0, 0.05) is 18.7 Å². The molecule has 150 valence electrons. The molecule has 0 unspecified atom stereocenters. The van der Waals surface area contributed by atoms with Crippen LogP contribution in [-0.4, -0.2) is 41.9 Å². The van der Waals surface area contributed by atoms with E-state index in [0.29, 0.717) is 17.3 Å². The molecule has 0 fully saturated rings. The van der Waals surface area contributed by atoms with Gasteiger partial charge in [-0.2, -0.15) is 0 Å². The Morgan fingerprint density at radius 2 is 1.67 bits per heavy atom. The van der Waals surface area contributed by atoms with Gasteiger partial charge in [0.25, 0.3) is 0 Å². The van der Waals surface area contributed by atoms with E-state index < -0.39 is 23.4 Å². The third kappa shape index (κ3) is 5.83. The minimum Gasteiger partial charge on any atom is -0.464 e. The van der Waals surface area contributed by atoms with Gasteiger partial charge in [0.05, 0.1) is 23.3 Å². The third-order valence-corrected chi connectivity index (χ3v) is 4.98. The standard InChI is InChI=1S/C18H22BrCl2NO5/c1-4-26-16(24)18(22-11(3)23,17(25)27-5-2)10-13-12(8-9-19)6-7-14(20)15(13)21/h6-7H,4-5,8-10H2,1-3H3,(H,22,23). The van der Waals surface area contributed by atoms with Crippen LogP contribution >= 0.6 is 39.1 Å². The second kappa shape index (κ2) is 10.9. The average molecular weight is 483 g/mol. The molecule has 0 heterocycles. The van der Waals surface area contributed by atoms with Crippen molar-refractivity contribution in [2.45, 2.75) is 39.2 Å². The number of aryl methyl sites for hydroxylation is 1. The minimum absolute atomic E-state index is 0.0249. The number of esters is 2. The van der Waals surface area contributed by atoms with Crippen molar-refractivity contribution in [2.24, 2.45) is 0 Å². The van der Waals surface area contributed by atoms with E-state index in [2.05, 4.69) is 21.2 Å². The van der Waals surface area contributed by atoms with Crippen LogP contribution in [0, 0.1) is 0 Å². The number of carbonyl (C=O) groups is 3. The van der Waals surface area contributed by atoms with Gasteiger partial charge in [0.2, 0.25) is 11.4 Å². The fraction of sp³-hybridized carbons (Fsp3) is 0.500. The van der Waals surface area contributed by atoms with Crippen molar-refractivity contribution in [3.63, 3.8) is 0 Å². The van der Waals surface area contributed by atoms with Crippen molar-refractivity contribution in [1.82, 2.24) is 5.32 Å². The second-order valence-corrected chi connectivity index (χ2v) is 7.22. The first kappa shape index (κ1) is 23.7. The van der Waals surface area contributed by atoms with Gasteiger partial charge >= 0.3 is 11.9 Å². The molecule has 0 spiro atoms. The molecule has 0 bridgehead atoms. The molecule has 0 aliphatic rings. The van der Waals surface area contributed by atoms with Crippen LogP contribution in [0.2, 0.25) is 10.0 Å². The van der Waals surface area contributed by atoms with E-state index in [4.69, 9.17) is 32.7 Å². The highest BCUT2D eigenvalue weighted by molar-refractivity contribution is 9.09. The summed E-state index contributed by atoms with van der Waals surface area (Å²) in [6.07, 6.45) is 0.333. The summed E-state index contributed by atoms with van der Waals surface area (Å²) in [6.45, 7) is 4.45. The van der Waals surface area contributed by atoms with Gasteiger partial charge in [-0.05, 0) is 37.5 Å². The van der Waals surface area contributed by atoms with E-state index in [9.17, 15) is 14.4 Å². The molecule has 9 heteroatoms. The van der Waals surface area contributed by atoms with Crippen LogP contribution in [0.4, 0.5) is 0 Å². The Labute approximate surface area is 177 Å². The first-order valence-corrected chi connectivity index (χ1v) is 10.3. The normalized spacial score (nSPS) is 11.0. The molecule has 0 saturated carbocycles. The Balaban J connectivity index is 3.60. The van der Waals surface area contributed by atoms with Gasteiger partial charge in [-0.1, -0.05) is 45.2 Å². The van der Waals surface area contributed by atoms with Gasteiger partial charge in [-0.25, -0.2) is 9.59 Å². The zero-order chi connectivity index (χ0) is 20.6. The maximum atomic E-state index is 12.8. The zero-order valence-electron chi connectivity index (χ0n) is 15.4. The Morgan fingerprint density at radius 1 is 1.11 bits per heavy atom. The molecule has 1 rings (SSSR count). The fourth-order valence-corrected chi connectivity index (χ4v) is 3.46. The van der Waals surface area contributed by atoms with Gasteiger partial charge in [-0.15, -0.1) is 0 Å². The lowest BCUT2D eigenvalue weighted by atomic mass is 9.87. The third-order valence-electron chi connectivity index (χ3n) is 3.74. The summed E-state index contributed by atoms with van der Waals surface area (Å²) in [7, 11) is 0. The summed E-state index contributed by atoms with van der Waals surface area (Å²) in [4.78, 5) is 37.4. The predicted molar refractivity (Wildman–Crippen MR) is 107 cm³/mol. The summed E-state index contributed by atoms with van der Waals surface area (Å²) in [6, 6.07) is 3.40. The van der Waals surface area contributed by atoms with E-state index >= 15 is 0 Å². The zero-order valence-corrected chi connectivity index (χ0v) is 18.5. The number of ether oxygens (including phenoxy) is 2. The molecule has 0 atom stereocenters. The van der Waals surface area contributed by atoms with Crippen LogP contribution in [0.15, 0.2) is 12.1 Å². The van der Waals surface area contributed by atoms with Gasteiger partial charge < -0.3 is 14.8 Å². The molecule has 1 aromatic rings. The number of halogens is 3. The molecule has 6 nitrogen and oxygen atoms in total. The van der Waals surface area contributed by atoms with Crippen molar-refractivity contribution in [1.29, 1.82) is 0 Å². The number of alkyl halides is 1. The van der Waals surface area contributed by atoms with Crippen LogP contribution in [0.1, 0.15) is 31.9 Å². The van der Waals surface area contributed by atoms with Crippen molar-refractivity contribution in [3.8, 4) is 0 Å². The van der Waals surface area contributed by atoms with Gasteiger partial charge in [0.1, 0.15) is 0 Å². The molecule has 1 aromatic carbocycles. The fourth-order valence-electron chi connectivity index (χ4n) is 2.61. The van der Waals surface area contributed by atoms with Crippen LogP contribution < -0.4 is 5.32 Å². The lowest BCUT2D eigenvalue weighted by molar-refractivity contribution is -0.168. The minimum atomic E-state index is -2.06. The first-order chi connectivity index (χ1) is 12.7. The van der Waals surface area contributed by atoms with E-state index in [0.717, 1.165) is 5.56 Å². The summed E-state index contributed by atoms with van der Waals surface area (Å²) in [5.41, 5.74) is -0.809. The first-order valence-electron chi connectivity index (χ1n) is 8.38. The highest BCUT2D eigenvalue weighted by Crippen LogP contribution is 2.33. The van der Waals surface area contributed by atoms with Gasteiger partial charge in [-0.3, -0.25) is 4.79 Å². The van der Waals surface area contributed by atoms with Crippen LogP contribution in [0.5, 0.6) is 0 Å². The lowest BCUT2D eigenvalue weighted by Gasteiger charge is -2.31. The number of amides is 1. The summed E-state index contributed by atoms with van der Waals surface area (Å²) in [5.74, 6) is -2.42. The molecule has 0 aliphatic heterocycles. The SMILES string of the molecule is CCOC(=O)C(Cc1c(CCBr)ccc(Cl)c1Cl)(NC(C)=O)C(=O)OCC. The van der Waals surface area contributed by atoms with Crippen molar-refractivity contribution in [2.75, 3.05) is 18.5 Å². The number of hydrogen-bond donors (Lipinski definition) is 1. The lowest BCUT2D eigenvalue weighted by Crippen LogP contribution is -2.62. The highest BCUT2D eigenvalue weighted by atomic mass is 79.9. The van der Waals surface area contributed by atoms with E-state index in [-0.39, 0.29) is 29.7 Å². The second-order valence-electron chi connectivity index (χ2n) is 5.64. The van der Waals surface area contributed by atoms with Crippen LogP contribution in [-0.2, 0) is 36.7 Å². The summed E-state index contributed by atoms with van der Waals surface area (Å²) < 4.78 is 10.2. The van der Waals surface area contributed by atoms with Crippen LogP contribution in [0.3, 0.4) is 0 Å². The number of carbonyl (C=O) groups excluding carboxylic acids is 3. The summed E-state index contributed by atoms with van der Waals surface area (Å²) in [5, 5.41) is 3.53. The van der Waals surface area contributed by atoms with Crippen molar-refractivity contribution in [3.05, 3.63) is 33.3 Å². The van der Waals surface area contributed by atoms with Crippen molar-refractivity contribution >= 4 is 57.0 Å².